The number of nitrogens with zero attached hydrogens (tertiary/aromatic N) is 2. The van der Waals surface area contributed by atoms with Crippen molar-refractivity contribution in [3.05, 3.63) is 83.9 Å². The maximum atomic E-state index is 12.4. The number of amides is 1. The molecule has 0 aliphatic carbocycles. The van der Waals surface area contributed by atoms with Crippen LogP contribution in [0.15, 0.2) is 67.1 Å². The van der Waals surface area contributed by atoms with Crippen molar-refractivity contribution in [1.29, 1.82) is 0 Å². The minimum absolute atomic E-state index is 0.182. The molecule has 5 heteroatoms. The van der Waals surface area contributed by atoms with Gasteiger partial charge < -0.3 is 10.6 Å². The highest BCUT2D eigenvalue weighted by Crippen LogP contribution is 2.16. The molecule has 0 radical (unpaired) electrons. The zero-order valence-corrected chi connectivity index (χ0v) is 13.4. The van der Waals surface area contributed by atoms with Crippen molar-refractivity contribution in [3.63, 3.8) is 0 Å². The second-order valence-electron chi connectivity index (χ2n) is 5.41. The van der Waals surface area contributed by atoms with E-state index in [-0.39, 0.29) is 5.91 Å². The van der Waals surface area contributed by atoms with Crippen LogP contribution in [-0.4, -0.2) is 15.9 Å². The predicted octanol–water partition coefficient (Wildman–Crippen LogP) is 3.65. The van der Waals surface area contributed by atoms with E-state index in [1.54, 1.807) is 24.7 Å². The van der Waals surface area contributed by atoms with E-state index in [2.05, 4.69) is 20.6 Å². The van der Waals surface area contributed by atoms with Crippen molar-refractivity contribution >= 4 is 17.3 Å². The number of rotatable bonds is 5. The van der Waals surface area contributed by atoms with Gasteiger partial charge in [-0.15, -0.1) is 0 Å². The predicted molar refractivity (Wildman–Crippen MR) is 94.9 cm³/mol. The maximum absolute atomic E-state index is 12.4. The molecule has 2 aromatic heterocycles. The smallest absolute Gasteiger partial charge is 0.257 e. The van der Waals surface area contributed by atoms with E-state index in [4.69, 9.17) is 0 Å². The van der Waals surface area contributed by atoms with Crippen LogP contribution in [0.3, 0.4) is 0 Å². The lowest BCUT2D eigenvalue weighted by molar-refractivity contribution is 0.102. The van der Waals surface area contributed by atoms with Crippen LogP contribution in [0.4, 0.5) is 11.4 Å². The fourth-order valence-corrected chi connectivity index (χ4v) is 2.26. The highest BCUT2D eigenvalue weighted by Gasteiger charge is 2.09. The second-order valence-corrected chi connectivity index (χ2v) is 5.41. The van der Waals surface area contributed by atoms with Crippen LogP contribution in [0.5, 0.6) is 0 Å². The van der Waals surface area contributed by atoms with Gasteiger partial charge in [-0.25, -0.2) is 0 Å². The topological polar surface area (TPSA) is 66.9 Å². The van der Waals surface area contributed by atoms with E-state index >= 15 is 0 Å². The Bertz CT molecular complexity index is 834. The maximum Gasteiger partial charge on any atom is 0.257 e. The molecule has 1 aromatic carbocycles. The normalized spacial score (nSPS) is 10.2. The monoisotopic (exact) mass is 318 g/mol. The van der Waals surface area contributed by atoms with E-state index < -0.39 is 0 Å². The van der Waals surface area contributed by atoms with Crippen molar-refractivity contribution < 1.29 is 4.79 Å². The number of benzene rings is 1. The van der Waals surface area contributed by atoms with Gasteiger partial charge in [-0.1, -0.05) is 24.3 Å². The first kappa shape index (κ1) is 15.7. The van der Waals surface area contributed by atoms with Gasteiger partial charge in [-0.3, -0.25) is 14.8 Å². The van der Waals surface area contributed by atoms with Gasteiger partial charge in [0.1, 0.15) is 0 Å². The Morgan fingerprint density at radius 3 is 2.71 bits per heavy atom. The Balaban J connectivity index is 1.68. The number of nitrogens with one attached hydrogen (secondary N) is 2. The quantitative estimate of drug-likeness (QED) is 0.753. The lowest BCUT2D eigenvalue weighted by Gasteiger charge is -2.10. The molecule has 0 saturated carbocycles. The third-order valence-corrected chi connectivity index (χ3v) is 3.59. The van der Waals surface area contributed by atoms with Crippen LogP contribution in [0, 0.1) is 6.92 Å². The van der Waals surface area contributed by atoms with E-state index in [0.29, 0.717) is 12.1 Å². The van der Waals surface area contributed by atoms with Crippen molar-refractivity contribution in [3.8, 4) is 0 Å². The number of hydrogen-bond acceptors (Lipinski definition) is 4. The Kier molecular flexibility index (Phi) is 4.81. The number of carbonyl (C=O) groups excluding carboxylic acids is 1. The SMILES string of the molecule is Cc1ccccc1NC(=O)c1cncc(NCc2ccccn2)c1. The van der Waals surface area contributed by atoms with Crippen molar-refractivity contribution in [2.24, 2.45) is 0 Å². The Morgan fingerprint density at radius 1 is 1.08 bits per heavy atom. The zero-order valence-electron chi connectivity index (χ0n) is 13.4. The van der Waals surface area contributed by atoms with E-state index in [1.165, 1.54) is 0 Å². The standard InChI is InChI=1S/C19H18N4O/c1-14-6-2-3-8-18(14)23-19(24)15-10-17(12-20-11-15)22-13-16-7-4-5-9-21-16/h2-12,22H,13H2,1H3,(H,23,24). The molecule has 0 aliphatic rings. The average molecular weight is 318 g/mol. The molecule has 0 aliphatic heterocycles. The summed E-state index contributed by atoms with van der Waals surface area (Å²) in [6.45, 7) is 2.53. The molecule has 1 amide bonds. The molecule has 0 atom stereocenters. The second kappa shape index (κ2) is 7.37. The van der Waals surface area contributed by atoms with Gasteiger partial charge in [0.2, 0.25) is 0 Å². The minimum atomic E-state index is -0.182. The summed E-state index contributed by atoms with van der Waals surface area (Å²) in [5.74, 6) is -0.182. The van der Waals surface area contributed by atoms with Crippen LogP contribution < -0.4 is 10.6 Å². The molecule has 24 heavy (non-hydrogen) atoms. The average Bonchev–Trinajstić information content (AvgIpc) is 2.63. The summed E-state index contributed by atoms with van der Waals surface area (Å²) in [6, 6.07) is 15.2. The number of aromatic nitrogens is 2. The van der Waals surface area contributed by atoms with Crippen molar-refractivity contribution in [2.45, 2.75) is 13.5 Å². The first-order valence-electron chi connectivity index (χ1n) is 7.68. The summed E-state index contributed by atoms with van der Waals surface area (Å²) in [4.78, 5) is 20.8. The molecule has 3 aromatic rings. The van der Waals surface area contributed by atoms with Gasteiger partial charge in [0.15, 0.2) is 0 Å². The summed E-state index contributed by atoms with van der Waals surface area (Å²) in [5, 5.41) is 6.13. The molecule has 2 N–H and O–H groups in total. The first-order chi connectivity index (χ1) is 11.7. The molecule has 2 heterocycles. The minimum Gasteiger partial charge on any atom is -0.378 e. The van der Waals surface area contributed by atoms with Crippen molar-refractivity contribution in [1.82, 2.24) is 9.97 Å². The third-order valence-electron chi connectivity index (χ3n) is 3.59. The fourth-order valence-electron chi connectivity index (χ4n) is 2.26. The van der Waals surface area contributed by atoms with Gasteiger partial charge in [-0.05, 0) is 36.8 Å². The lowest BCUT2D eigenvalue weighted by Crippen LogP contribution is -2.13. The van der Waals surface area contributed by atoms with Gasteiger partial charge in [0, 0.05) is 24.3 Å². The fraction of sp³-hybridized carbons (Fsp3) is 0.105. The highest BCUT2D eigenvalue weighted by atomic mass is 16.1. The number of carbonyl (C=O) groups is 1. The molecule has 3 rings (SSSR count). The molecule has 0 fully saturated rings. The van der Waals surface area contributed by atoms with E-state index in [9.17, 15) is 4.79 Å². The van der Waals surface area contributed by atoms with Crippen LogP contribution in [-0.2, 0) is 6.54 Å². The van der Waals surface area contributed by atoms with Crippen molar-refractivity contribution in [2.75, 3.05) is 10.6 Å². The number of anilines is 2. The largest absolute Gasteiger partial charge is 0.378 e. The Hall–Kier alpha value is -3.21. The number of aryl methyl sites for hydroxylation is 1. The van der Waals surface area contributed by atoms with Gasteiger partial charge >= 0.3 is 0 Å². The molecule has 5 nitrogen and oxygen atoms in total. The summed E-state index contributed by atoms with van der Waals surface area (Å²) >= 11 is 0. The molecule has 0 spiro atoms. The highest BCUT2D eigenvalue weighted by molar-refractivity contribution is 6.04. The lowest BCUT2D eigenvalue weighted by atomic mass is 10.2. The van der Waals surface area contributed by atoms with Gasteiger partial charge in [0.25, 0.3) is 5.91 Å². The van der Waals surface area contributed by atoms with Crippen LogP contribution in [0.25, 0.3) is 0 Å². The Labute approximate surface area is 140 Å². The number of para-hydroxylation sites is 1. The first-order valence-corrected chi connectivity index (χ1v) is 7.68. The summed E-state index contributed by atoms with van der Waals surface area (Å²) in [6.07, 6.45) is 4.99. The van der Waals surface area contributed by atoms with Crippen LogP contribution in [0.1, 0.15) is 21.6 Å². The molecule has 0 bridgehead atoms. The summed E-state index contributed by atoms with van der Waals surface area (Å²) in [7, 11) is 0. The number of hydrogen-bond donors (Lipinski definition) is 2. The van der Waals surface area contributed by atoms with Crippen LogP contribution >= 0.6 is 0 Å². The van der Waals surface area contributed by atoms with Gasteiger partial charge in [0.05, 0.1) is 23.5 Å². The Morgan fingerprint density at radius 2 is 1.92 bits per heavy atom. The molecule has 120 valence electrons. The number of pyridine rings is 2. The summed E-state index contributed by atoms with van der Waals surface area (Å²) in [5.41, 5.74) is 4.02. The van der Waals surface area contributed by atoms with E-state index in [0.717, 1.165) is 22.6 Å². The summed E-state index contributed by atoms with van der Waals surface area (Å²) < 4.78 is 0. The van der Waals surface area contributed by atoms with Gasteiger partial charge in [-0.2, -0.15) is 0 Å². The molecular formula is C19H18N4O. The molecule has 0 saturated heterocycles. The third kappa shape index (κ3) is 3.95. The van der Waals surface area contributed by atoms with Crippen LogP contribution in [0.2, 0.25) is 0 Å². The molecular weight excluding hydrogens is 300 g/mol. The zero-order chi connectivity index (χ0) is 16.8. The molecule has 0 unspecified atom stereocenters. The van der Waals surface area contributed by atoms with E-state index in [1.807, 2.05) is 49.4 Å².